The third-order valence-electron chi connectivity index (χ3n) is 3.20. The Hall–Kier alpha value is -2.42. The minimum Gasteiger partial charge on any atom is -0.451 e. The molecule has 108 valence electrons. The van der Waals surface area contributed by atoms with Crippen LogP contribution in [0.15, 0.2) is 54.6 Å². The Morgan fingerprint density at radius 3 is 1.90 bits per heavy atom. The highest BCUT2D eigenvalue weighted by atomic mass is 16.6. The van der Waals surface area contributed by atoms with Gasteiger partial charge >= 0.3 is 5.97 Å². The van der Waals surface area contributed by atoms with Crippen LogP contribution in [0.5, 0.6) is 0 Å². The van der Waals surface area contributed by atoms with E-state index >= 15 is 0 Å². The maximum Gasteiger partial charge on any atom is 0.303 e. The number of benzene rings is 2. The summed E-state index contributed by atoms with van der Waals surface area (Å²) in [6.45, 7) is 4.50. The van der Waals surface area contributed by atoms with Crippen molar-refractivity contribution in [2.24, 2.45) is 0 Å². The number of carbonyl (C=O) groups excluding carboxylic acids is 2. The van der Waals surface area contributed by atoms with E-state index < -0.39 is 11.6 Å². The summed E-state index contributed by atoms with van der Waals surface area (Å²) in [7, 11) is 0. The molecule has 2 rings (SSSR count). The smallest absolute Gasteiger partial charge is 0.303 e. The van der Waals surface area contributed by atoms with E-state index in [1.807, 2.05) is 42.5 Å². The molecule has 3 heteroatoms. The SMILES string of the molecule is CC(=O)OC(C)(C)C(=O)c1ccc(-c2ccccc2)cc1. The van der Waals surface area contributed by atoms with Crippen molar-refractivity contribution in [1.82, 2.24) is 0 Å². The van der Waals surface area contributed by atoms with Crippen LogP contribution in [0.4, 0.5) is 0 Å². The highest BCUT2D eigenvalue weighted by Gasteiger charge is 2.31. The molecular formula is C18H18O3. The standard InChI is InChI=1S/C18H18O3/c1-13(19)21-18(2,3)17(20)16-11-9-15(10-12-16)14-7-5-4-6-8-14/h4-12H,1-3H3. The van der Waals surface area contributed by atoms with Crippen LogP contribution in [0.25, 0.3) is 11.1 Å². The minimum absolute atomic E-state index is 0.211. The van der Waals surface area contributed by atoms with E-state index in [2.05, 4.69) is 0 Å². The molecule has 0 fully saturated rings. The van der Waals surface area contributed by atoms with Crippen molar-refractivity contribution < 1.29 is 14.3 Å². The lowest BCUT2D eigenvalue weighted by Crippen LogP contribution is -2.36. The summed E-state index contributed by atoms with van der Waals surface area (Å²) in [6.07, 6.45) is 0. The molecule has 0 radical (unpaired) electrons. The number of rotatable bonds is 4. The molecule has 0 unspecified atom stereocenters. The summed E-state index contributed by atoms with van der Waals surface area (Å²) in [5.41, 5.74) is 1.51. The summed E-state index contributed by atoms with van der Waals surface area (Å²) in [5.74, 6) is -0.674. The van der Waals surface area contributed by atoms with Crippen LogP contribution in [-0.4, -0.2) is 17.4 Å². The second-order valence-electron chi connectivity index (χ2n) is 5.38. The van der Waals surface area contributed by atoms with Gasteiger partial charge in [-0.15, -0.1) is 0 Å². The largest absolute Gasteiger partial charge is 0.451 e. The Balaban J connectivity index is 2.23. The van der Waals surface area contributed by atoms with Crippen LogP contribution in [-0.2, 0) is 9.53 Å². The summed E-state index contributed by atoms with van der Waals surface area (Å²) in [6, 6.07) is 17.2. The first-order valence-electron chi connectivity index (χ1n) is 6.80. The first-order chi connectivity index (χ1) is 9.90. The van der Waals surface area contributed by atoms with Crippen molar-refractivity contribution in [3.8, 4) is 11.1 Å². The predicted molar refractivity (Wildman–Crippen MR) is 82.1 cm³/mol. The number of hydrogen-bond acceptors (Lipinski definition) is 3. The van der Waals surface area contributed by atoms with Gasteiger partial charge in [0.2, 0.25) is 5.78 Å². The zero-order chi connectivity index (χ0) is 15.5. The van der Waals surface area contributed by atoms with Crippen LogP contribution >= 0.6 is 0 Å². The van der Waals surface area contributed by atoms with Crippen LogP contribution in [0, 0.1) is 0 Å². The second-order valence-corrected chi connectivity index (χ2v) is 5.38. The normalized spacial score (nSPS) is 11.0. The Morgan fingerprint density at radius 1 is 0.857 bits per heavy atom. The molecule has 0 saturated carbocycles. The summed E-state index contributed by atoms with van der Waals surface area (Å²) in [5, 5.41) is 0. The van der Waals surface area contributed by atoms with E-state index in [1.165, 1.54) is 6.92 Å². The van der Waals surface area contributed by atoms with Crippen LogP contribution in [0.1, 0.15) is 31.1 Å². The van der Waals surface area contributed by atoms with Gasteiger partial charge in [0.15, 0.2) is 5.60 Å². The molecule has 0 amide bonds. The minimum atomic E-state index is -1.15. The predicted octanol–water partition coefficient (Wildman–Crippen LogP) is 3.88. The van der Waals surface area contributed by atoms with Gasteiger partial charge in [0.1, 0.15) is 0 Å². The van der Waals surface area contributed by atoms with Crippen molar-refractivity contribution in [3.05, 3.63) is 60.2 Å². The molecule has 0 aliphatic heterocycles. The zero-order valence-corrected chi connectivity index (χ0v) is 12.4. The number of esters is 1. The van der Waals surface area contributed by atoms with Gasteiger partial charge in [-0.3, -0.25) is 9.59 Å². The van der Waals surface area contributed by atoms with Crippen molar-refractivity contribution in [2.75, 3.05) is 0 Å². The molecule has 0 atom stereocenters. The fraction of sp³-hybridized carbons (Fsp3) is 0.222. The van der Waals surface area contributed by atoms with Gasteiger partial charge in [0.05, 0.1) is 0 Å². The average molecular weight is 282 g/mol. The maximum absolute atomic E-state index is 12.4. The molecule has 2 aromatic carbocycles. The summed E-state index contributed by atoms with van der Waals surface area (Å²) in [4.78, 5) is 23.4. The Labute approximate surface area is 124 Å². The lowest BCUT2D eigenvalue weighted by atomic mass is 9.94. The molecule has 0 saturated heterocycles. The van der Waals surface area contributed by atoms with E-state index in [0.29, 0.717) is 5.56 Å². The molecule has 21 heavy (non-hydrogen) atoms. The fourth-order valence-electron chi connectivity index (χ4n) is 2.20. The number of hydrogen-bond donors (Lipinski definition) is 0. The topological polar surface area (TPSA) is 43.4 Å². The van der Waals surface area contributed by atoms with E-state index in [9.17, 15) is 9.59 Å². The first-order valence-corrected chi connectivity index (χ1v) is 6.80. The quantitative estimate of drug-likeness (QED) is 0.631. The van der Waals surface area contributed by atoms with Gasteiger partial charge in [-0.1, -0.05) is 54.6 Å². The first kappa shape index (κ1) is 15.0. The molecular weight excluding hydrogens is 264 g/mol. The number of carbonyl (C=O) groups is 2. The Morgan fingerprint density at radius 2 is 1.38 bits per heavy atom. The molecule has 0 aromatic heterocycles. The molecule has 0 N–H and O–H groups in total. The van der Waals surface area contributed by atoms with Crippen LogP contribution < -0.4 is 0 Å². The molecule has 0 spiro atoms. The van der Waals surface area contributed by atoms with E-state index in [-0.39, 0.29) is 5.78 Å². The highest BCUT2D eigenvalue weighted by Crippen LogP contribution is 2.22. The van der Waals surface area contributed by atoms with Gasteiger partial charge in [-0.25, -0.2) is 0 Å². The number of ether oxygens (including phenoxy) is 1. The van der Waals surface area contributed by atoms with E-state index in [0.717, 1.165) is 11.1 Å². The average Bonchev–Trinajstić information content (AvgIpc) is 2.46. The lowest BCUT2D eigenvalue weighted by Gasteiger charge is -2.22. The fourth-order valence-corrected chi connectivity index (χ4v) is 2.20. The van der Waals surface area contributed by atoms with E-state index in [1.54, 1.807) is 26.0 Å². The van der Waals surface area contributed by atoms with Crippen LogP contribution in [0.3, 0.4) is 0 Å². The molecule has 0 heterocycles. The van der Waals surface area contributed by atoms with Crippen molar-refractivity contribution in [2.45, 2.75) is 26.4 Å². The summed E-state index contributed by atoms with van der Waals surface area (Å²) >= 11 is 0. The van der Waals surface area contributed by atoms with Crippen molar-refractivity contribution in [1.29, 1.82) is 0 Å². The highest BCUT2D eigenvalue weighted by molar-refractivity contribution is 6.03. The molecule has 2 aromatic rings. The lowest BCUT2D eigenvalue weighted by molar-refractivity contribution is -0.149. The maximum atomic E-state index is 12.4. The Bertz CT molecular complexity index is 640. The molecule has 0 aliphatic rings. The molecule has 0 aliphatic carbocycles. The van der Waals surface area contributed by atoms with Gasteiger partial charge in [0.25, 0.3) is 0 Å². The Kier molecular flexibility index (Phi) is 4.22. The van der Waals surface area contributed by atoms with Gasteiger partial charge in [0, 0.05) is 12.5 Å². The van der Waals surface area contributed by atoms with Gasteiger partial charge in [-0.05, 0) is 25.0 Å². The number of Topliss-reactive ketones (excluding diaryl/α,β-unsaturated/α-hetero) is 1. The van der Waals surface area contributed by atoms with E-state index in [4.69, 9.17) is 4.74 Å². The summed E-state index contributed by atoms with van der Waals surface area (Å²) < 4.78 is 5.08. The third kappa shape index (κ3) is 3.57. The zero-order valence-electron chi connectivity index (χ0n) is 12.4. The monoisotopic (exact) mass is 282 g/mol. The van der Waals surface area contributed by atoms with Crippen molar-refractivity contribution >= 4 is 11.8 Å². The third-order valence-corrected chi connectivity index (χ3v) is 3.20. The molecule has 3 nitrogen and oxygen atoms in total. The van der Waals surface area contributed by atoms with Crippen LogP contribution in [0.2, 0.25) is 0 Å². The van der Waals surface area contributed by atoms with Crippen molar-refractivity contribution in [3.63, 3.8) is 0 Å². The second kappa shape index (κ2) is 5.92. The number of ketones is 1. The van der Waals surface area contributed by atoms with Gasteiger partial charge < -0.3 is 4.74 Å². The van der Waals surface area contributed by atoms with Gasteiger partial charge in [-0.2, -0.15) is 0 Å². The molecule has 0 bridgehead atoms.